The van der Waals surface area contributed by atoms with Crippen molar-refractivity contribution in [2.45, 2.75) is 53.2 Å². The van der Waals surface area contributed by atoms with E-state index in [1.807, 2.05) is 39.0 Å². The van der Waals surface area contributed by atoms with Gasteiger partial charge in [0.1, 0.15) is 5.75 Å². The fourth-order valence-corrected chi connectivity index (χ4v) is 3.91. The molecule has 1 aromatic heterocycles. The van der Waals surface area contributed by atoms with Crippen molar-refractivity contribution >= 4 is 28.7 Å². The number of carbonyl (C=O) groups excluding carboxylic acids is 2. The van der Waals surface area contributed by atoms with Crippen molar-refractivity contribution in [2.24, 2.45) is 0 Å². The highest BCUT2D eigenvalue weighted by atomic mass is 32.1. The van der Waals surface area contributed by atoms with Crippen LogP contribution < -0.4 is 9.64 Å². The molecule has 25 heavy (non-hydrogen) atoms. The Morgan fingerprint density at radius 1 is 1.40 bits per heavy atom. The number of Topliss-reactive ketones (excluding diaryl/α,β-unsaturated/α-hetero) is 1. The van der Waals surface area contributed by atoms with E-state index in [1.54, 1.807) is 23.2 Å². The molecule has 0 bridgehead atoms. The summed E-state index contributed by atoms with van der Waals surface area (Å²) in [4.78, 5) is 32.1. The first kappa shape index (κ1) is 17.6. The van der Waals surface area contributed by atoms with Crippen LogP contribution in [-0.2, 0) is 9.59 Å². The lowest BCUT2D eigenvalue weighted by atomic mass is 10.0. The molecule has 132 valence electrons. The molecule has 0 aliphatic carbocycles. The van der Waals surface area contributed by atoms with Crippen molar-refractivity contribution in [3.63, 3.8) is 0 Å². The molecular weight excluding hydrogens is 336 g/mol. The van der Waals surface area contributed by atoms with E-state index in [1.165, 1.54) is 6.92 Å². The second-order valence-corrected chi connectivity index (χ2v) is 7.74. The topological polar surface area (TPSA) is 59.5 Å². The van der Waals surface area contributed by atoms with Gasteiger partial charge in [0.05, 0.1) is 22.4 Å². The first-order chi connectivity index (χ1) is 11.8. The molecule has 0 fully saturated rings. The zero-order valence-electron chi connectivity index (χ0n) is 15.1. The quantitative estimate of drug-likeness (QED) is 0.831. The maximum Gasteiger partial charge on any atom is 0.268 e. The number of ether oxygens (including phenoxy) is 1. The molecule has 1 aliphatic rings. The summed E-state index contributed by atoms with van der Waals surface area (Å²) in [5.74, 6) is 0.413. The second-order valence-electron chi connectivity index (χ2n) is 6.33. The number of fused-ring (bicyclic) bond motifs is 1. The van der Waals surface area contributed by atoms with E-state index in [-0.39, 0.29) is 11.7 Å². The van der Waals surface area contributed by atoms with Crippen LogP contribution >= 0.6 is 11.3 Å². The van der Waals surface area contributed by atoms with Crippen molar-refractivity contribution in [2.75, 3.05) is 4.90 Å². The van der Waals surface area contributed by atoms with E-state index in [0.717, 1.165) is 21.1 Å². The summed E-state index contributed by atoms with van der Waals surface area (Å²) < 4.78 is 5.86. The van der Waals surface area contributed by atoms with E-state index in [4.69, 9.17) is 4.74 Å². The van der Waals surface area contributed by atoms with Gasteiger partial charge in [0, 0.05) is 10.4 Å². The van der Waals surface area contributed by atoms with Crippen molar-refractivity contribution in [1.82, 2.24) is 4.98 Å². The number of benzene rings is 1. The largest absolute Gasteiger partial charge is 0.478 e. The zero-order chi connectivity index (χ0) is 18.3. The predicted molar refractivity (Wildman–Crippen MR) is 99.4 cm³/mol. The SMILES string of the molecule is CCC1Oc2ccc(-c3nc(C)sc3C)cc2N(C(C)C(C)=O)C1=O. The molecule has 2 aromatic rings. The number of carbonyl (C=O) groups is 2. The lowest BCUT2D eigenvalue weighted by Gasteiger charge is -2.37. The number of nitrogens with zero attached hydrogens (tertiary/aromatic N) is 2. The van der Waals surface area contributed by atoms with Gasteiger partial charge >= 0.3 is 0 Å². The van der Waals surface area contributed by atoms with Gasteiger partial charge in [-0.1, -0.05) is 6.92 Å². The van der Waals surface area contributed by atoms with Crippen LogP contribution in [0, 0.1) is 13.8 Å². The molecule has 0 saturated heterocycles. The molecule has 2 heterocycles. The standard InChI is InChI=1S/C19H22N2O3S/c1-6-16-19(23)21(10(2)11(3)22)15-9-14(7-8-17(15)24-16)18-12(4)25-13(5)20-18/h7-10,16H,6H2,1-5H3. The van der Waals surface area contributed by atoms with Gasteiger partial charge in [-0.2, -0.15) is 0 Å². The number of hydrogen-bond donors (Lipinski definition) is 0. The maximum atomic E-state index is 12.8. The van der Waals surface area contributed by atoms with Crippen LogP contribution in [0.5, 0.6) is 5.75 Å². The molecule has 3 rings (SSSR count). The molecule has 2 atom stereocenters. The van der Waals surface area contributed by atoms with Gasteiger partial charge < -0.3 is 4.74 Å². The van der Waals surface area contributed by atoms with E-state index in [0.29, 0.717) is 17.9 Å². The van der Waals surface area contributed by atoms with Gasteiger partial charge in [-0.3, -0.25) is 14.5 Å². The Kier molecular flexibility index (Phi) is 4.64. The van der Waals surface area contributed by atoms with Crippen LogP contribution in [0.3, 0.4) is 0 Å². The van der Waals surface area contributed by atoms with Crippen LogP contribution in [0.25, 0.3) is 11.3 Å². The smallest absolute Gasteiger partial charge is 0.268 e. The second kappa shape index (κ2) is 6.59. The average Bonchev–Trinajstić information content (AvgIpc) is 2.91. The molecular formula is C19H22N2O3S. The summed E-state index contributed by atoms with van der Waals surface area (Å²) in [6.45, 7) is 9.17. The lowest BCUT2D eigenvalue weighted by molar-refractivity contribution is -0.129. The Bertz CT molecular complexity index is 843. The van der Waals surface area contributed by atoms with Crippen LogP contribution in [0.2, 0.25) is 0 Å². The normalized spacial score (nSPS) is 17.9. The number of rotatable bonds is 4. The molecule has 1 aliphatic heterocycles. The zero-order valence-corrected chi connectivity index (χ0v) is 15.9. The van der Waals surface area contributed by atoms with E-state index in [2.05, 4.69) is 4.98 Å². The van der Waals surface area contributed by atoms with Gasteiger partial charge in [0.25, 0.3) is 5.91 Å². The first-order valence-electron chi connectivity index (χ1n) is 8.42. The van der Waals surface area contributed by atoms with Gasteiger partial charge in [0.15, 0.2) is 11.9 Å². The predicted octanol–water partition coefficient (Wildman–Crippen LogP) is 3.91. The van der Waals surface area contributed by atoms with Crippen molar-refractivity contribution in [1.29, 1.82) is 0 Å². The highest BCUT2D eigenvalue weighted by Gasteiger charge is 2.37. The summed E-state index contributed by atoms with van der Waals surface area (Å²) in [6, 6.07) is 5.20. The third-order valence-electron chi connectivity index (χ3n) is 4.52. The molecule has 0 radical (unpaired) electrons. The number of aryl methyl sites for hydroxylation is 2. The Morgan fingerprint density at radius 3 is 2.68 bits per heavy atom. The molecule has 6 heteroatoms. The number of anilines is 1. The maximum absolute atomic E-state index is 12.8. The number of aromatic nitrogens is 1. The van der Waals surface area contributed by atoms with E-state index < -0.39 is 12.1 Å². The lowest BCUT2D eigenvalue weighted by Crippen LogP contribution is -2.51. The fourth-order valence-electron chi connectivity index (χ4n) is 3.07. The summed E-state index contributed by atoms with van der Waals surface area (Å²) in [7, 11) is 0. The van der Waals surface area contributed by atoms with Crippen LogP contribution in [0.1, 0.15) is 37.1 Å². The highest BCUT2D eigenvalue weighted by Crippen LogP contribution is 2.40. The Hall–Kier alpha value is -2.21. The molecule has 0 spiro atoms. The van der Waals surface area contributed by atoms with Crippen LogP contribution in [0.15, 0.2) is 18.2 Å². The Morgan fingerprint density at radius 2 is 2.12 bits per heavy atom. The fraction of sp³-hybridized carbons (Fsp3) is 0.421. The molecule has 5 nitrogen and oxygen atoms in total. The molecule has 0 saturated carbocycles. The minimum absolute atomic E-state index is 0.0536. The summed E-state index contributed by atoms with van der Waals surface area (Å²) in [5.41, 5.74) is 2.47. The van der Waals surface area contributed by atoms with E-state index in [9.17, 15) is 9.59 Å². The molecule has 1 amide bonds. The van der Waals surface area contributed by atoms with Crippen molar-refractivity contribution in [3.05, 3.63) is 28.1 Å². The monoisotopic (exact) mass is 358 g/mol. The van der Waals surface area contributed by atoms with Gasteiger partial charge in [-0.15, -0.1) is 11.3 Å². The molecule has 1 aromatic carbocycles. The highest BCUT2D eigenvalue weighted by molar-refractivity contribution is 7.11. The number of ketones is 1. The van der Waals surface area contributed by atoms with Gasteiger partial charge in [-0.05, 0) is 52.3 Å². The van der Waals surface area contributed by atoms with Crippen molar-refractivity contribution in [3.8, 4) is 17.0 Å². The van der Waals surface area contributed by atoms with Crippen LogP contribution in [-0.4, -0.2) is 28.8 Å². The first-order valence-corrected chi connectivity index (χ1v) is 9.23. The molecule has 2 unspecified atom stereocenters. The summed E-state index contributed by atoms with van der Waals surface area (Å²) in [5, 5.41) is 0.998. The van der Waals surface area contributed by atoms with Gasteiger partial charge in [0.2, 0.25) is 0 Å². The van der Waals surface area contributed by atoms with Gasteiger partial charge in [-0.25, -0.2) is 4.98 Å². The number of thiazole rings is 1. The molecule has 0 N–H and O–H groups in total. The van der Waals surface area contributed by atoms with E-state index >= 15 is 0 Å². The third-order valence-corrected chi connectivity index (χ3v) is 5.41. The van der Waals surface area contributed by atoms with Crippen molar-refractivity contribution < 1.29 is 14.3 Å². The minimum atomic E-state index is -0.552. The number of hydrogen-bond acceptors (Lipinski definition) is 5. The summed E-state index contributed by atoms with van der Waals surface area (Å²) in [6.07, 6.45) is 0.00865. The Labute approximate surface area is 151 Å². The Balaban J connectivity index is 2.13. The minimum Gasteiger partial charge on any atom is -0.478 e. The third kappa shape index (κ3) is 3.06. The summed E-state index contributed by atoms with van der Waals surface area (Å²) >= 11 is 1.64. The van der Waals surface area contributed by atoms with Crippen LogP contribution in [0.4, 0.5) is 5.69 Å². The number of amides is 1. The average molecular weight is 358 g/mol.